The van der Waals surface area contributed by atoms with E-state index in [0.717, 1.165) is 12.0 Å². The highest BCUT2D eigenvalue weighted by atomic mass is 15.1. The molecule has 0 aromatic rings. The molecule has 0 aliphatic heterocycles. The van der Waals surface area contributed by atoms with Gasteiger partial charge in [-0.15, -0.1) is 0 Å². The summed E-state index contributed by atoms with van der Waals surface area (Å²) < 4.78 is 0. The van der Waals surface area contributed by atoms with Crippen molar-refractivity contribution >= 4 is 0 Å². The third-order valence-electron chi connectivity index (χ3n) is 5.14. The highest BCUT2D eigenvalue weighted by Gasteiger charge is 2.34. The van der Waals surface area contributed by atoms with Crippen molar-refractivity contribution in [2.45, 2.75) is 78.2 Å². The standard InChI is InChI=1S/C18H36N2/c1-4-20(13-16(2)3)15-18(14-19-17-9-10-17)11-7-5-6-8-12-18/h16-17,19H,4-15H2,1-3H3. The Kier molecular flexibility index (Phi) is 6.35. The number of hydrogen-bond acceptors (Lipinski definition) is 2. The minimum Gasteiger partial charge on any atom is -0.313 e. The van der Waals surface area contributed by atoms with Crippen molar-refractivity contribution < 1.29 is 0 Å². The number of hydrogen-bond donors (Lipinski definition) is 1. The maximum absolute atomic E-state index is 3.85. The smallest absolute Gasteiger partial charge is 0.00684 e. The molecule has 0 amide bonds. The normalized spacial score (nSPS) is 23.2. The van der Waals surface area contributed by atoms with E-state index in [1.807, 2.05) is 0 Å². The first kappa shape index (κ1) is 16.3. The van der Waals surface area contributed by atoms with Gasteiger partial charge in [0.25, 0.3) is 0 Å². The Bertz CT molecular complexity index is 263. The first-order chi connectivity index (χ1) is 9.63. The van der Waals surface area contributed by atoms with Crippen LogP contribution in [0.1, 0.15) is 72.1 Å². The summed E-state index contributed by atoms with van der Waals surface area (Å²) in [5.74, 6) is 0.786. The molecule has 2 aliphatic carbocycles. The number of nitrogens with zero attached hydrogens (tertiary/aromatic N) is 1. The van der Waals surface area contributed by atoms with E-state index in [9.17, 15) is 0 Å². The Morgan fingerprint density at radius 2 is 1.75 bits per heavy atom. The predicted octanol–water partition coefficient (Wildman–Crippen LogP) is 4.06. The fourth-order valence-corrected chi connectivity index (χ4v) is 3.81. The summed E-state index contributed by atoms with van der Waals surface area (Å²) in [6.07, 6.45) is 11.5. The third kappa shape index (κ3) is 5.37. The maximum Gasteiger partial charge on any atom is 0.00684 e. The van der Waals surface area contributed by atoms with Gasteiger partial charge in [0.2, 0.25) is 0 Å². The molecule has 0 atom stereocenters. The van der Waals surface area contributed by atoms with Crippen molar-refractivity contribution in [1.82, 2.24) is 10.2 Å². The van der Waals surface area contributed by atoms with Crippen LogP contribution in [-0.4, -0.2) is 37.1 Å². The zero-order valence-electron chi connectivity index (χ0n) is 14.1. The van der Waals surface area contributed by atoms with E-state index < -0.39 is 0 Å². The van der Waals surface area contributed by atoms with Gasteiger partial charge in [-0.05, 0) is 43.6 Å². The van der Waals surface area contributed by atoms with Gasteiger partial charge < -0.3 is 10.2 Å². The van der Waals surface area contributed by atoms with Crippen LogP contribution in [0.25, 0.3) is 0 Å². The molecule has 0 spiro atoms. The van der Waals surface area contributed by atoms with Gasteiger partial charge in [0, 0.05) is 25.7 Å². The lowest BCUT2D eigenvalue weighted by atomic mass is 9.79. The van der Waals surface area contributed by atoms with Crippen LogP contribution >= 0.6 is 0 Å². The lowest BCUT2D eigenvalue weighted by molar-refractivity contribution is 0.121. The molecule has 0 unspecified atom stereocenters. The Morgan fingerprint density at radius 3 is 2.25 bits per heavy atom. The zero-order valence-corrected chi connectivity index (χ0v) is 14.1. The summed E-state index contributed by atoms with van der Waals surface area (Å²) in [6, 6.07) is 0.857. The number of rotatable bonds is 8. The summed E-state index contributed by atoms with van der Waals surface area (Å²) in [6.45, 7) is 12.1. The topological polar surface area (TPSA) is 15.3 Å². The van der Waals surface area contributed by atoms with E-state index in [0.29, 0.717) is 5.41 Å². The molecule has 0 aromatic carbocycles. The summed E-state index contributed by atoms with van der Waals surface area (Å²) in [5.41, 5.74) is 0.560. The molecule has 118 valence electrons. The van der Waals surface area contributed by atoms with Crippen molar-refractivity contribution in [2.24, 2.45) is 11.3 Å². The Balaban J connectivity index is 1.94. The quantitative estimate of drug-likeness (QED) is 0.675. The molecule has 20 heavy (non-hydrogen) atoms. The molecule has 0 heterocycles. The molecule has 2 aliphatic rings. The highest BCUT2D eigenvalue weighted by Crippen LogP contribution is 2.36. The van der Waals surface area contributed by atoms with E-state index in [4.69, 9.17) is 0 Å². The zero-order chi connectivity index (χ0) is 14.4. The molecule has 2 rings (SSSR count). The van der Waals surface area contributed by atoms with Crippen LogP contribution in [-0.2, 0) is 0 Å². The summed E-state index contributed by atoms with van der Waals surface area (Å²) in [7, 11) is 0. The molecule has 0 radical (unpaired) electrons. The largest absolute Gasteiger partial charge is 0.313 e. The van der Waals surface area contributed by atoms with Crippen molar-refractivity contribution in [2.75, 3.05) is 26.2 Å². The van der Waals surface area contributed by atoms with E-state index in [-0.39, 0.29) is 0 Å². The van der Waals surface area contributed by atoms with Crippen LogP contribution in [0.4, 0.5) is 0 Å². The van der Waals surface area contributed by atoms with E-state index >= 15 is 0 Å². The second kappa shape index (κ2) is 7.79. The van der Waals surface area contributed by atoms with Crippen LogP contribution in [0.15, 0.2) is 0 Å². The van der Waals surface area contributed by atoms with Crippen LogP contribution in [0.2, 0.25) is 0 Å². The van der Waals surface area contributed by atoms with Crippen LogP contribution in [0.5, 0.6) is 0 Å². The average Bonchev–Trinajstić information content (AvgIpc) is 3.23. The molecular weight excluding hydrogens is 244 g/mol. The van der Waals surface area contributed by atoms with Crippen LogP contribution < -0.4 is 5.32 Å². The van der Waals surface area contributed by atoms with Crippen molar-refractivity contribution in [1.29, 1.82) is 0 Å². The molecular formula is C18H36N2. The molecule has 0 bridgehead atoms. The van der Waals surface area contributed by atoms with Crippen molar-refractivity contribution in [3.05, 3.63) is 0 Å². The second-order valence-electron chi connectivity index (χ2n) is 7.79. The van der Waals surface area contributed by atoms with Crippen molar-refractivity contribution in [3.8, 4) is 0 Å². The molecule has 2 nitrogen and oxygen atoms in total. The first-order valence-electron chi connectivity index (χ1n) is 9.09. The van der Waals surface area contributed by atoms with Gasteiger partial charge in [0.15, 0.2) is 0 Å². The van der Waals surface area contributed by atoms with Gasteiger partial charge in [0.1, 0.15) is 0 Å². The molecule has 1 N–H and O–H groups in total. The first-order valence-corrected chi connectivity index (χ1v) is 9.09. The van der Waals surface area contributed by atoms with E-state index in [1.165, 1.54) is 77.5 Å². The van der Waals surface area contributed by atoms with Gasteiger partial charge in [0.05, 0.1) is 0 Å². The summed E-state index contributed by atoms with van der Waals surface area (Å²) in [5, 5.41) is 3.85. The fraction of sp³-hybridized carbons (Fsp3) is 1.00. The predicted molar refractivity (Wildman–Crippen MR) is 88.1 cm³/mol. The fourth-order valence-electron chi connectivity index (χ4n) is 3.81. The molecule has 0 saturated heterocycles. The lowest BCUT2D eigenvalue weighted by Crippen LogP contribution is -2.45. The van der Waals surface area contributed by atoms with Gasteiger partial charge in [-0.2, -0.15) is 0 Å². The van der Waals surface area contributed by atoms with E-state index in [2.05, 4.69) is 31.0 Å². The molecule has 0 aromatic heterocycles. The third-order valence-corrected chi connectivity index (χ3v) is 5.14. The highest BCUT2D eigenvalue weighted by molar-refractivity contribution is 4.91. The summed E-state index contributed by atoms with van der Waals surface area (Å²) >= 11 is 0. The van der Waals surface area contributed by atoms with Crippen molar-refractivity contribution in [3.63, 3.8) is 0 Å². The minimum atomic E-state index is 0.560. The minimum absolute atomic E-state index is 0.560. The Labute approximate surface area is 126 Å². The van der Waals surface area contributed by atoms with Gasteiger partial charge in [-0.1, -0.05) is 46.5 Å². The van der Waals surface area contributed by atoms with E-state index in [1.54, 1.807) is 0 Å². The SMILES string of the molecule is CCN(CC(C)C)CC1(CNC2CC2)CCCCCC1. The van der Waals surface area contributed by atoms with Crippen LogP contribution in [0.3, 0.4) is 0 Å². The summed E-state index contributed by atoms with van der Waals surface area (Å²) in [4.78, 5) is 2.71. The Morgan fingerprint density at radius 1 is 1.10 bits per heavy atom. The second-order valence-corrected chi connectivity index (χ2v) is 7.79. The van der Waals surface area contributed by atoms with Gasteiger partial charge >= 0.3 is 0 Å². The lowest BCUT2D eigenvalue weighted by Gasteiger charge is -2.39. The molecule has 2 fully saturated rings. The molecule has 2 saturated carbocycles. The molecule has 2 heteroatoms. The number of nitrogens with one attached hydrogen (secondary N) is 1. The van der Waals surface area contributed by atoms with Gasteiger partial charge in [-0.25, -0.2) is 0 Å². The van der Waals surface area contributed by atoms with Crippen LogP contribution in [0, 0.1) is 11.3 Å². The average molecular weight is 280 g/mol. The Hall–Kier alpha value is -0.0800. The van der Waals surface area contributed by atoms with Gasteiger partial charge in [-0.3, -0.25) is 0 Å². The monoisotopic (exact) mass is 280 g/mol. The maximum atomic E-state index is 3.85.